The number of carboxylic acid groups (broad SMARTS) is 1. The van der Waals surface area contributed by atoms with Crippen LogP contribution >= 0.6 is 0 Å². The molecule has 1 atom stereocenters. The summed E-state index contributed by atoms with van der Waals surface area (Å²) < 4.78 is 27.1. The lowest BCUT2D eigenvalue weighted by Crippen LogP contribution is -2.40. The maximum Gasteiger partial charge on any atom is 0.325 e. The van der Waals surface area contributed by atoms with Gasteiger partial charge in [0.2, 0.25) is 15.9 Å². The second kappa shape index (κ2) is 7.56. The van der Waals surface area contributed by atoms with Gasteiger partial charge >= 0.3 is 5.97 Å². The summed E-state index contributed by atoms with van der Waals surface area (Å²) in [5.74, 6) is -1.68. The highest BCUT2D eigenvalue weighted by Gasteiger charge is 2.20. The number of hydrogen-bond donors (Lipinski definition) is 3. The van der Waals surface area contributed by atoms with Crippen molar-refractivity contribution in [1.82, 2.24) is 10.0 Å². The second-order valence-corrected chi connectivity index (χ2v) is 7.21. The molecule has 3 N–H and O–H groups in total. The topological polar surface area (TPSA) is 113 Å². The standard InChI is InChI=1S/C15H22N2O5S/c1-9-7-10(2)14(11(3)8-9)23(21,22)16-6-5-13(18)17-12(4)15(19)20/h7-8,12,16H,5-6H2,1-4H3,(H,17,18)(H,19,20)/t12-/m0/s1. The van der Waals surface area contributed by atoms with Gasteiger partial charge in [0.15, 0.2) is 0 Å². The normalized spacial score (nSPS) is 12.7. The van der Waals surface area contributed by atoms with Gasteiger partial charge in [0, 0.05) is 13.0 Å². The predicted molar refractivity (Wildman–Crippen MR) is 85.7 cm³/mol. The van der Waals surface area contributed by atoms with Crippen molar-refractivity contribution in [3.63, 3.8) is 0 Å². The summed E-state index contributed by atoms with van der Waals surface area (Å²) in [5.41, 5.74) is 2.25. The molecule has 0 aliphatic heterocycles. The quantitative estimate of drug-likeness (QED) is 0.680. The Hall–Kier alpha value is -1.93. The Balaban J connectivity index is 2.71. The molecule has 8 heteroatoms. The minimum absolute atomic E-state index is 0.104. The highest BCUT2D eigenvalue weighted by Crippen LogP contribution is 2.21. The Kier molecular flexibility index (Phi) is 6.28. The van der Waals surface area contributed by atoms with Crippen molar-refractivity contribution in [2.75, 3.05) is 6.54 Å². The molecule has 0 radical (unpaired) electrons. The fraction of sp³-hybridized carbons (Fsp3) is 0.467. The zero-order valence-electron chi connectivity index (χ0n) is 13.6. The van der Waals surface area contributed by atoms with Crippen LogP contribution in [0.15, 0.2) is 17.0 Å². The lowest BCUT2D eigenvalue weighted by Gasteiger charge is -2.13. The molecule has 0 saturated carbocycles. The molecule has 128 valence electrons. The molecule has 0 fully saturated rings. The summed E-state index contributed by atoms with van der Waals surface area (Å²) in [6, 6.07) is 2.55. The summed E-state index contributed by atoms with van der Waals surface area (Å²) in [6.45, 7) is 6.56. The minimum atomic E-state index is -3.73. The van der Waals surface area contributed by atoms with Crippen LogP contribution in [0.25, 0.3) is 0 Å². The monoisotopic (exact) mass is 342 g/mol. The van der Waals surface area contributed by atoms with Crippen LogP contribution in [0.4, 0.5) is 0 Å². The molecule has 0 saturated heterocycles. The largest absolute Gasteiger partial charge is 0.480 e. The Morgan fingerprint density at radius 1 is 1.17 bits per heavy atom. The van der Waals surface area contributed by atoms with Crippen LogP contribution in [0, 0.1) is 20.8 Å². The van der Waals surface area contributed by atoms with Gasteiger partial charge in [-0.3, -0.25) is 9.59 Å². The van der Waals surface area contributed by atoms with Crippen molar-refractivity contribution in [3.05, 3.63) is 28.8 Å². The summed E-state index contributed by atoms with van der Waals surface area (Å²) in [6.07, 6.45) is -0.138. The molecule has 1 aromatic rings. The Bertz CT molecular complexity index is 690. The third kappa shape index (κ3) is 5.33. The number of aliphatic carboxylic acids is 1. The molecule has 0 aliphatic carbocycles. The van der Waals surface area contributed by atoms with Gasteiger partial charge in [-0.2, -0.15) is 0 Å². The van der Waals surface area contributed by atoms with Crippen LogP contribution in [0.1, 0.15) is 30.0 Å². The number of rotatable bonds is 7. The maximum atomic E-state index is 12.4. The number of amides is 1. The first-order chi connectivity index (χ1) is 10.5. The number of nitrogens with one attached hydrogen (secondary N) is 2. The first-order valence-corrected chi connectivity index (χ1v) is 8.62. The van der Waals surface area contributed by atoms with E-state index in [1.807, 2.05) is 6.92 Å². The van der Waals surface area contributed by atoms with Crippen molar-refractivity contribution >= 4 is 21.9 Å². The SMILES string of the molecule is Cc1cc(C)c(S(=O)(=O)NCCC(=O)N[C@@H](C)C(=O)O)c(C)c1. The van der Waals surface area contributed by atoms with Crippen molar-refractivity contribution < 1.29 is 23.1 Å². The lowest BCUT2D eigenvalue weighted by atomic mass is 10.1. The van der Waals surface area contributed by atoms with Crippen molar-refractivity contribution in [2.24, 2.45) is 0 Å². The number of hydrogen-bond acceptors (Lipinski definition) is 4. The van der Waals surface area contributed by atoms with Crippen LogP contribution < -0.4 is 10.0 Å². The van der Waals surface area contributed by atoms with E-state index in [1.54, 1.807) is 26.0 Å². The van der Waals surface area contributed by atoms with E-state index in [9.17, 15) is 18.0 Å². The van der Waals surface area contributed by atoms with Gasteiger partial charge in [0.1, 0.15) is 6.04 Å². The molecule has 0 aliphatic rings. The second-order valence-electron chi connectivity index (χ2n) is 5.50. The van der Waals surface area contributed by atoms with Gasteiger partial charge in [-0.1, -0.05) is 17.7 Å². The molecule has 1 aromatic carbocycles. The van der Waals surface area contributed by atoms with E-state index in [4.69, 9.17) is 5.11 Å². The molecule has 1 rings (SSSR count). The third-order valence-corrected chi connectivity index (χ3v) is 5.03. The average molecular weight is 342 g/mol. The van der Waals surface area contributed by atoms with E-state index in [0.29, 0.717) is 11.1 Å². The molecule has 0 bridgehead atoms. The number of carbonyl (C=O) groups is 2. The highest BCUT2D eigenvalue weighted by molar-refractivity contribution is 7.89. The van der Waals surface area contributed by atoms with Crippen LogP contribution in [0.2, 0.25) is 0 Å². The lowest BCUT2D eigenvalue weighted by molar-refractivity contribution is -0.141. The van der Waals surface area contributed by atoms with E-state index in [-0.39, 0.29) is 17.9 Å². The molecule has 1 amide bonds. The van der Waals surface area contributed by atoms with Crippen LogP contribution in [0.5, 0.6) is 0 Å². The number of aryl methyl sites for hydroxylation is 3. The number of carbonyl (C=O) groups excluding carboxylic acids is 1. The minimum Gasteiger partial charge on any atom is -0.480 e. The maximum absolute atomic E-state index is 12.4. The van der Waals surface area contributed by atoms with E-state index in [2.05, 4.69) is 10.0 Å². The molecular weight excluding hydrogens is 320 g/mol. The average Bonchev–Trinajstić information content (AvgIpc) is 2.36. The third-order valence-electron chi connectivity index (χ3n) is 3.27. The van der Waals surface area contributed by atoms with Gasteiger partial charge in [0.05, 0.1) is 4.90 Å². The Morgan fingerprint density at radius 2 is 1.70 bits per heavy atom. The van der Waals surface area contributed by atoms with E-state index in [1.165, 1.54) is 6.92 Å². The molecule has 0 spiro atoms. The van der Waals surface area contributed by atoms with Gasteiger partial charge in [-0.25, -0.2) is 13.1 Å². The Morgan fingerprint density at radius 3 is 2.17 bits per heavy atom. The summed E-state index contributed by atoms with van der Waals surface area (Å²) in [5, 5.41) is 11.0. The molecule has 0 aromatic heterocycles. The van der Waals surface area contributed by atoms with Crippen molar-refractivity contribution in [3.8, 4) is 0 Å². The van der Waals surface area contributed by atoms with Gasteiger partial charge in [-0.15, -0.1) is 0 Å². The number of sulfonamides is 1. The summed E-state index contributed by atoms with van der Waals surface area (Å²) in [7, 11) is -3.73. The fourth-order valence-corrected chi connectivity index (χ4v) is 3.82. The molecule has 0 heterocycles. The zero-order chi connectivity index (χ0) is 17.8. The Labute approximate surface area is 136 Å². The number of carboxylic acids is 1. The first-order valence-electron chi connectivity index (χ1n) is 7.14. The van der Waals surface area contributed by atoms with Crippen molar-refractivity contribution in [2.45, 2.75) is 45.1 Å². The highest BCUT2D eigenvalue weighted by atomic mass is 32.2. The van der Waals surface area contributed by atoms with Crippen molar-refractivity contribution in [1.29, 1.82) is 0 Å². The van der Waals surface area contributed by atoms with Crippen LogP contribution in [-0.4, -0.2) is 38.0 Å². The zero-order valence-corrected chi connectivity index (χ0v) is 14.5. The van der Waals surface area contributed by atoms with Gasteiger partial charge < -0.3 is 10.4 Å². The van der Waals surface area contributed by atoms with Gasteiger partial charge in [0.25, 0.3) is 0 Å². The van der Waals surface area contributed by atoms with E-state index in [0.717, 1.165) is 5.56 Å². The van der Waals surface area contributed by atoms with E-state index >= 15 is 0 Å². The van der Waals surface area contributed by atoms with Crippen LogP contribution in [0.3, 0.4) is 0 Å². The van der Waals surface area contributed by atoms with Gasteiger partial charge in [-0.05, 0) is 38.8 Å². The molecule has 23 heavy (non-hydrogen) atoms. The summed E-state index contributed by atoms with van der Waals surface area (Å²) >= 11 is 0. The predicted octanol–water partition coefficient (Wildman–Crippen LogP) is 0.870. The number of benzene rings is 1. The van der Waals surface area contributed by atoms with E-state index < -0.39 is 27.9 Å². The molecule has 0 unspecified atom stereocenters. The molecular formula is C15H22N2O5S. The smallest absolute Gasteiger partial charge is 0.325 e. The fourth-order valence-electron chi connectivity index (χ4n) is 2.34. The van der Waals surface area contributed by atoms with Crippen LogP contribution in [-0.2, 0) is 19.6 Å². The first kappa shape index (κ1) is 19.1. The summed E-state index contributed by atoms with van der Waals surface area (Å²) in [4.78, 5) is 22.4. The molecule has 7 nitrogen and oxygen atoms in total.